The van der Waals surface area contributed by atoms with Crippen LogP contribution in [0.5, 0.6) is 5.75 Å². The monoisotopic (exact) mass is 375 g/mol. The van der Waals surface area contributed by atoms with Crippen LogP contribution in [0.1, 0.15) is 26.2 Å². The molecule has 140 valence electrons. The Bertz CT molecular complexity index is 724. The second kappa shape index (κ2) is 8.62. The highest BCUT2D eigenvalue weighted by Gasteiger charge is 2.39. The highest BCUT2D eigenvalue weighted by atomic mass is 32.1. The van der Waals surface area contributed by atoms with Crippen LogP contribution >= 0.6 is 11.3 Å². The van der Waals surface area contributed by atoms with Gasteiger partial charge >= 0.3 is 0 Å². The topological polar surface area (TPSA) is 86.5 Å². The third-order valence-corrected chi connectivity index (χ3v) is 5.43. The fourth-order valence-corrected chi connectivity index (χ4v) is 3.64. The van der Waals surface area contributed by atoms with Crippen molar-refractivity contribution in [2.75, 3.05) is 31.7 Å². The molecule has 0 bridgehead atoms. The van der Waals surface area contributed by atoms with E-state index in [-0.39, 0.29) is 5.91 Å². The molecule has 0 aliphatic carbocycles. The zero-order chi connectivity index (χ0) is 18.4. The largest absolute Gasteiger partial charge is 0.494 e. The van der Waals surface area contributed by atoms with Crippen LogP contribution in [0.15, 0.2) is 29.6 Å². The molecule has 3 rings (SSSR count). The number of amides is 1. The number of carbonyl (C=O) groups is 1. The lowest BCUT2D eigenvalue weighted by Gasteiger charge is -2.34. The number of rotatable bonds is 7. The van der Waals surface area contributed by atoms with Gasteiger partial charge in [-0.05, 0) is 43.5 Å². The van der Waals surface area contributed by atoms with Crippen molar-refractivity contribution >= 4 is 22.4 Å². The van der Waals surface area contributed by atoms with E-state index in [1.165, 1.54) is 11.3 Å². The van der Waals surface area contributed by atoms with Crippen LogP contribution in [0.4, 0.5) is 5.13 Å². The van der Waals surface area contributed by atoms with Crippen LogP contribution in [0, 0.1) is 5.41 Å². The summed E-state index contributed by atoms with van der Waals surface area (Å²) < 4.78 is 11.0. The first kappa shape index (κ1) is 18.8. The second-order valence-corrected chi connectivity index (χ2v) is 7.32. The molecule has 1 aliphatic rings. The number of nitrogens with one attached hydrogen (secondary N) is 1. The molecule has 0 radical (unpaired) electrons. The summed E-state index contributed by atoms with van der Waals surface area (Å²) in [6.45, 7) is 4.24. The van der Waals surface area contributed by atoms with Gasteiger partial charge in [-0.15, -0.1) is 11.3 Å². The number of anilines is 1. The van der Waals surface area contributed by atoms with E-state index < -0.39 is 5.41 Å². The Kier molecular flexibility index (Phi) is 6.24. The van der Waals surface area contributed by atoms with Gasteiger partial charge in [0, 0.05) is 30.7 Å². The molecule has 2 heterocycles. The number of ether oxygens (including phenoxy) is 2. The van der Waals surface area contributed by atoms with Gasteiger partial charge in [-0.2, -0.15) is 0 Å². The molecule has 0 spiro atoms. The van der Waals surface area contributed by atoms with Crippen molar-refractivity contribution in [3.05, 3.63) is 29.6 Å². The Morgan fingerprint density at radius 3 is 2.73 bits per heavy atom. The normalized spacial score (nSPS) is 16.2. The molecule has 26 heavy (non-hydrogen) atoms. The van der Waals surface area contributed by atoms with Crippen molar-refractivity contribution in [3.8, 4) is 17.0 Å². The van der Waals surface area contributed by atoms with E-state index >= 15 is 0 Å². The van der Waals surface area contributed by atoms with Gasteiger partial charge in [0.25, 0.3) is 0 Å². The fraction of sp³-hybridized carbons (Fsp3) is 0.474. The zero-order valence-corrected chi connectivity index (χ0v) is 15.8. The summed E-state index contributed by atoms with van der Waals surface area (Å²) in [5.74, 6) is 0.788. The van der Waals surface area contributed by atoms with Crippen LogP contribution in [-0.2, 0) is 9.53 Å². The van der Waals surface area contributed by atoms with Gasteiger partial charge in [0.15, 0.2) is 5.13 Å². The minimum Gasteiger partial charge on any atom is -0.494 e. The van der Waals surface area contributed by atoms with Crippen LogP contribution in [-0.4, -0.2) is 37.3 Å². The number of nitrogens with zero attached hydrogens (tertiary/aromatic N) is 1. The van der Waals surface area contributed by atoms with E-state index in [0.29, 0.717) is 44.3 Å². The molecule has 1 saturated heterocycles. The number of hydrogen-bond donors (Lipinski definition) is 2. The zero-order valence-electron chi connectivity index (χ0n) is 15.0. The summed E-state index contributed by atoms with van der Waals surface area (Å²) in [6.07, 6.45) is 2.27. The summed E-state index contributed by atoms with van der Waals surface area (Å²) in [6, 6.07) is 7.83. The average Bonchev–Trinajstić information content (AvgIpc) is 3.15. The SMILES string of the molecule is CCCOc1ccc(-c2csc(NC(=O)C3(CN)CCOCC3)n2)cc1. The van der Waals surface area contributed by atoms with Crippen LogP contribution in [0.3, 0.4) is 0 Å². The molecule has 6 nitrogen and oxygen atoms in total. The van der Waals surface area contributed by atoms with Crippen molar-refractivity contribution in [2.24, 2.45) is 11.1 Å². The Hall–Kier alpha value is -1.96. The van der Waals surface area contributed by atoms with Crippen molar-refractivity contribution in [3.63, 3.8) is 0 Å². The average molecular weight is 375 g/mol. The van der Waals surface area contributed by atoms with E-state index in [2.05, 4.69) is 17.2 Å². The first-order chi connectivity index (χ1) is 12.7. The van der Waals surface area contributed by atoms with Gasteiger partial charge in [0.2, 0.25) is 5.91 Å². The summed E-state index contributed by atoms with van der Waals surface area (Å²) in [7, 11) is 0. The molecular weight excluding hydrogens is 350 g/mol. The first-order valence-corrected chi connectivity index (χ1v) is 9.83. The van der Waals surface area contributed by atoms with Crippen LogP contribution in [0.2, 0.25) is 0 Å². The molecule has 1 aromatic heterocycles. The van der Waals surface area contributed by atoms with Gasteiger partial charge in [-0.1, -0.05) is 6.92 Å². The van der Waals surface area contributed by atoms with E-state index in [1.54, 1.807) is 0 Å². The van der Waals surface area contributed by atoms with Crippen LogP contribution in [0.25, 0.3) is 11.3 Å². The van der Waals surface area contributed by atoms with Crippen molar-refractivity contribution in [1.82, 2.24) is 4.98 Å². The maximum atomic E-state index is 12.7. The number of hydrogen-bond acceptors (Lipinski definition) is 6. The van der Waals surface area contributed by atoms with E-state index in [1.807, 2.05) is 29.6 Å². The van der Waals surface area contributed by atoms with Crippen molar-refractivity contribution in [1.29, 1.82) is 0 Å². The lowest BCUT2D eigenvalue weighted by Crippen LogP contribution is -2.46. The van der Waals surface area contributed by atoms with Gasteiger partial charge in [0.05, 0.1) is 17.7 Å². The number of thiazole rings is 1. The minimum absolute atomic E-state index is 0.0625. The standard InChI is InChI=1S/C19H25N3O3S/c1-2-9-25-15-5-3-14(4-6-15)16-12-26-18(21-16)22-17(23)19(13-20)7-10-24-11-8-19/h3-6,12H,2,7-11,13,20H2,1H3,(H,21,22,23). The molecule has 0 saturated carbocycles. The van der Waals surface area contributed by atoms with Crippen molar-refractivity contribution in [2.45, 2.75) is 26.2 Å². The highest BCUT2D eigenvalue weighted by molar-refractivity contribution is 7.14. The number of carbonyl (C=O) groups excluding carboxylic acids is 1. The Morgan fingerprint density at radius 1 is 1.35 bits per heavy atom. The lowest BCUT2D eigenvalue weighted by atomic mass is 9.79. The molecule has 7 heteroatoms. The molecule has 2 aromatic rings. The molecule has 1 fully saturated rings. The predicted octanol–water partition coefficient (Wildman–Crippen LogP) is 3.29. The molecule has 1 aliphatic heterocycles. The number of nitrogens with two attached hydrogens (primary N) is 1. The van der Waals surface area contributed by atoms with Crippen LogP contribution < -0.4 is 15.8 Å². The highest BCUT2D eigenvalue weighted by Crippen LogP contribution is 2.32. The quantitative estimate of drug-likeness (QED) is 0.775. The molecular formula is C19H25N3O3S. The summed E-state index contributed by atoms with van der Waals surface area (Å²) in [5, 5.41) is 5.48. The smallest absolute Gasteiger partial charge is 0.233 e. The van der Waals surface area contributed by atoms with E-state index in [9.17, 15) is 4.79 Å². The third-order valence-electron chi connectivity index (χ3n) is 4.67. The Balaban J connectivity index is 1.66. The van der Waals surface area contributed by atoms with Crippen molar-refractivity contribution < 1.29 is 14.3 Å². The summed E-state index contributed by atoms with van der Waals surface area (Å²) in [4.78, 5) is 17.3. The summed E-state index contributed by atoms with van der Waals surface area (Å²) >= 11 is 1.42. The predicted molar refractivity (Wildman–Crippen MR) is 104 cm³/mol. The minimum atomic E-state index is -0.553. The number of aromatic nitrogens is 1. The van der Waals surface area contributed by atoms with E-state index in [4.69, 9.17) is 15.2 Å². The number of benzene rings is 1. The second-order valence-electron chi connectivity index (χ2n) is 6.46. The Morgan fingerprint density at radius 2 is 2.08 bits per heavy atom. The molecule has 0 atom stereocenters. The fourth-order valence-electron chi connectivity index (χ4n) is 2.92. The maximum absolute atomic E-state index is 12.7. The molecule has 0 unspecified atom stereocenters. The van der Waals surface area contributed by atoms with E-state index in [0.717, 1.165) is 23.4 Å². The van der Waals surface area contributed by atoms with Gasteiger partial charge in [-0.3, -0.25) is 4.79 Å². The summed E-state index contributed by atoms with van der Waals surface area (Å²) in [5.41, 5.74) is 7.16. The third kappa shape index (κ3) is 4.23. The lowest BCUT2D eigenvalue weighted by molar-refractivity contribution is -0.130. The molecule has 1 amide bonds. The van der Waals surface area contributed by atoms with Gasteiger partial charge in [-0.25, -0.2) is 4.98 Å². The molecule has 1 aromatic carbocycles. The van der Waals surface area contributed by atoms with Gasteiger partial charge in [0.1, 0.15) is 5.75 Å². The first-order valence-electron chi connectivity index (χ1n) is 8.95. The van der Waals surface area contributed by atoms with Gasteiger partial charge < -0.3 is 20.5 Å². The maximum Gasteiger partial charge on any atom is 0.233 e. The molecule has 3 N–H and O–H groups in total. The Labute approximate surface area is 157 Å².